The predicted octanol–water partition coefficient (Wildman–Crippen LogP) is 3.43. The third kappa shape index (κ3) is 3.41. The zero-order valence-corrected chi connectivity index (χ0v) is 12.5. The van der Waals surface area contributed by atoms with Crippen LogP contribution in [0.3, 0.4) is 0 Å². The summed E-state index contributed by atoms with van der Waals surface area (Å²) >= 11 is 6.04. The van der Waals surface area contributed by atoms with Crippen molar-refractivity contribution in [3.8, 4) is 0 Å². The van der Waals surface area contributed by atoms with Crippen molar-refractivity contribution in [2.75, 3.05) is 18.5 Å². The van der Waals surface area contributed by atoms with Gasteiger partial charge in [-0.25, -0.2) is 0 Å². The van der Waals surface area contributed by atoms with Crippen LogP contribution in [-0.2, 0) is 4.74 Å². The highest BCUT2D eigenvalue weighted by Gasteiger charge is 2.41. The summed E-state index contributed by atoms with van der Waals surface area (Å²) in [7, 11) is 0. The minimum Gasteiger partial charge on any atom is -0.378 e. The average molecular weight is 283 g/mol. The van der Waals surface area contributed by atoms with E-state index in [1.807, 2.05) is 24.3 Å². The van der Waals surface area contributed by atoms with Crippen molar-refractivity contribution in [3.63, 3.8) is 0 Å². The fourth-order valence-corrected chi connectivity index (χ4v) is 2.97. The number of hydrogen-bond donors (Lipinski definition) is 2. The fraction of sp³-hybridized carbons (Fsp3) is 0.600. The first-order valence-corrected chi connectivity index (χ1v) is 7.26. The lowest BCUT2D eigenvalue weighted by molar-refractivity contribution is -0.0882. The number of benzene rings is 1. The lowest BCUT2D eigenvalue weighted by atomic mass is 9.79. The molecule has 0 aromatic heterocycles. The van der Waals surface area contributed by atoms with E-state index in [1.165, 1.54) is 0 Å². The molecule has 19 heavy (non-hydrogen) atoms. The molecule has 2 atom stereocenters. The Morgan fingerprint density at radius 3 is 2.89 bits per heavy atom. The normalized spacial score (nSPS) is 31.2. The molecule has 0 aliphatic carbocycles. The number of nitrogens with one attached hydrogen (secondary N) is 1. The third-order valence-electron chi connectivity index (χ3n) is 4.12. The molecule has 106 valence electrons. The van der Waals surface area contributed by atoms with E-state index in [0.717, 1.165) is 36.6 Å². The second-order valence-corrected chi connectivity index (χ2v) is 6.13. The Balaban J connectivity index is 2.18. The van der Waals surface area contributed by atoms with Crippen molar-refractivity contribution in [1.29, 1.82) is 0 Å². The minimum absolute atomic E-state index is 0.0941. The van der Waals surface area contributed by atoms with Crippen LogP contribution in [0.4, 0.5) is 5.69 Å². The van der Waals surface area contributed by atoms with Gasteiger partial charge in [0.2, 0.25) is 0 Å². The molecule has 1 fully saturated rings. The van der Waals surface area contributed by atoms with E-state index in [1.54, 1.807) is 0 Å². The van der Waals surface area contributed by atoms with Crippen LogP contribution in [0.2, 0.25) is 5.02 Å². The van der Waals surface area contributed by atoms with Crippen molar-refractivity contribution in [2.24, 2.45) is 5.73 Å². The number of anilines is 1. The van der Waals surface area contributed by atoms with Gasteiger partial charge in [-0.15, -0.1) is 0 Å². The lowest BCUT2D eigenvalue weighted by Gasteiger charge is -2.46. The molecule has 0 saturated carbocycles. The van der Waals surface area contributed by atoms with E-state index >= 15 is 0 Å². The zero-order chi connectivity index (χ0) is 13.9. The van der Waals surface area contributed by atoms with Crippen LogP contribution in [0.5, 0.6) is 0 Å². The van der Waals surface area contributed by atoms with E-state index in [2.05, 4.69) is 19.2 Å². The standard InChI is InChI=1S/C15H23ClN2O/c1-3-14(2)10-15(11-17,7-8-19-14)18-13-6-4-5-12(16)9-13/h4-6,9,18H,3,7-8,10-11,17H2,1-2H3. The van der Waals surface area contributed by atoms with Gasteiger partial charge in [-0.1, -0.05) is 24.6 Å². The Morgan fingerprint density at radius 2 is 2.26 bits per heavy atom. The Hall–Kier alpha value is -0.770. The smallest absolute Gasteiger partial charge is 0.0674 e. The molecule has 2 rings (SSSR count). The maximum atomic E-state index is 6.05. The summed E-state index contributed by atoms with van der Waals surface area (Å²) in [4.78, 5) is 0. The summed E-state index contributed by atoms with van der Waals surface area (Å²) < 4.78 is 5.91. The Labute approximate surface area is 120 Å². The van der Waals surface area contributed by atoms with Crippen molar-refractivity contribution < 1.29 is 4.74 Å². The van der Waals surface area contributed by atoms with Gasteiger partial charge in [0.15, 0.2) is 0 Å². The molecule has 1 aliphatic rings. The summed E-state index contributed by atoms with van der Waals surface area (Å²) in [5.74, 6) is 0. The number of ether oxygens (including phenoxy) is 1. The van der Waals surface area contributed by atoms with E-state index in [-0.39, 0.29) is 11.1 Å². The van der Waals surface area contributed by atoms with E-state index in [0.29, 0.717) is 6.54 Å². The molecule has 3 nitrogen and oxygen atoms in total. The molecule has 1 saturated heterocycles. The van der Waals surface area contributed by atoms with Crippen LogP contribution >= 0.6 is 11.6 Å². The quantitative estimate of drug-likeness (QED) is 0.889. The van der Waals surface area contributed by atoms with Crippen LogP contribution < -0.4 is 11.1 Å². The summed E-state index contributed by atoms with van der Waals surface area (Å²) in [6.07, 6.45) is 2.83. The Morgan fingerprint density at radius 1 is 1.47 bits per heavy atom. The molecule has 0 spiro atoms. The first kappa shape index (κ1) is 14.6. The van der Waals surface area contributed by atoms with Gasteiger partial charge in [-0.3, -0.25) is 0 Å². The van der Waals surface area contributed by atoms with Gasteiger partial charge in [0.1, 0.15) is 0 Å². The van der Waals surface area contributed by atoms with Crippen molar-refractivity contribution in [2.45, 2.75) is 44.2 Å². The molecule has 1 heterocycles. The van der Waals surface area contributed by atoms with Gasteiger partial charge in [-0.05, 0) is 38.0 Å². The SMILES string of the molecule is CCC1(C)CC(CN)(Nc2cccc(Cl)c2)CCO1. The molecular formula is C15H23ClN2O. The highest BCUT2D eigenvalue weighted by molar-refractivity contribution is 6.30. The van der Waals surface area contributed by atoms with Crippen LogP contribution in [0.1, 0.15) is 33.1 Å². The molecule has 4 heteroatoms. The highest BCUT2D eigenvalue weighted by Crippen LogP contribution is 2.36. The second kappa shape index (κ2) is 5.70. The number of halogens is 1. The van der Waals surface area contributed by atoms with E-state index < -0.39 is 0 Å². The summed E-state index contributed by atoms with van der Waals surface area (Å²) in [6.45, 7) is 5.66. The monoisotopic (exact) mass is 282 g/mol. The summed E-state index contributed by atoms with van der Waals surface area (Å²) in [5.41, 5.74) is 6.88. The molecular weight excluding hydrogens is 260 g/mol. The molecule has 2 unspecified atom stereocenters. The molecule has 1 aromatic carbocycles. The van der Waals surface area contributed by atoms with Gasteiger partial charge < -0.3 is 15.8 Å². The fourth-order valence-electron chi connectivity index (χ4n) is 2.78. The molecule has 1 aromatic rings. The first-order valence-electron chi connectivity index (χ1n) is 6.89. The van der Waals surface area contributed by atoms with Crippen LogP contribution in [0.25, 0.3) is 0 Å². The lowest BCUT2D eigenvalue weighted by Crippen LogP contribution is -2.55. The van der Waals surface area contributed by atoms with Crippen molar-refractivity contribution in [1.82, 2.24) is 0 Å². The average Bonchev–Trinajstić information content (AvgIpc) is 2.39. The topological polar surface area (TPSA) is 47.3 Å². The van der Waals surface area contributed by atoms with Gasteiger partial charge in [0.05, 0.1) is 11.1 Å². The Bertz CT molecular complexity index is 440. The second-order valence-electron chi connectivity index (χ2n) is 5.70. The Kier molecular flexibility index (Phi) is 4.39. The van der Waals surface area contributed by atoms with Gasteiger partial charge >= 0.3 is 0 Å². The maximum absolute atomic E-state index is 6.05. The zero-order valence-electron chi connectivity index (χ0n) is 11.7. The van der Waals surface area contributed by atoms with Gasteiger partial charge in [0.25, 0.3) is 0 Å². The van der Waals surface area contributed by atoms with Crippen LogP contribution in [-0.4, -0.2) is 24.3 Å². The van der Waals surface area contributed by atoms with Gasteiger partial charge in [-0.2, -0.15) is 0 Å². The number of nitrogens with two attached hydrogens (primary N) is 1. The largest absolute Gasteiger partial charge is 0.378 e. The molecule has 3 N–H and O–H groups in total. The van der Waals surface area contributed by atoms with E-state index in [4.69, 9.17) is 22.1 Å². The summed E-state index contributed by atoms with van der Waals surface area (Å²) in [5, 5.41) is 4.32. The van der Waals surface area contributed by atoms with Gasteiger partial charge in [0, 0.05) is 30.3 Å². The molecule has 1 aliphatic heterocycles. The number of rotatable bonds is 4. The highest BCUT2D eigenvalue weighted by atomic mass is 35.5. The maximum Gasteiger partial charge on any atom is 0.0674 e. The molecule has 0 bridgehead atoms. The van der Waals surface area contributed by atoms with Crippen molar-refractivity contribution >= 4 is 17.3 Å². The van der Waals surface area contributed by atoms with Crippen LogP contribution in [0, 0.1) is 0 Å². The molecule has 0 amide bonds. The third-order valence-corrected chi connectivity index (χ3v) is 4.35. The van der Waals surface area contributed by atoms with E-state index in [9.17, 15) is 0 Å². The van der Waals surface area contributed by atoms with Crippen molar-refractivity contribution in [3.05, 3.63) is 29.3 Å². The first-order chi connectivity index (χ1) is 9.01. The molecule has 0 radical (unpaired) electrons. The number of hydrogen-bond acceptors (Lipinski definition) is 3. The van der Waals surface area contributed by atoms with Crippen LogP contribution in [0.15, 0.2) is 24.3 Å². The predicted molar refractivity (Wildman–Crippen MR) is 80.7 cm³/mol. The minimum atomic E-state index is -0.103. The summed E-state index contributed by atoms with van der Waals surface area (Å²) in [6, 6.07) is 7.80.